The Kier molecular flexibility index (Phi) is 8.60. The molecule has 0 unspecified atom stereocenters. The van der Waals surface area contributed by atoms with Crippen molar-refractivity contribution in [3.63, 3.8) is 0 Å². The number of rotatable bonds is 9. The van der Waals surface area contributed by atoms with Crippen LogP contribution in [0.15, 0.2) is 24.3 Å². The van der Waals surface area contributed by atoms with E-state index in [9.17, 15) is 9.59 Å². The van der Waals surface area contributed by atoms with Crippen molar-refractivity contribution in [2.24, 2.45) is 0 Å². The molecule has 0 spiro atoms. The van der Waals surface area contributed by atoms with Crippen molar-refractivity contribution in [2.75, 3.05) is 19.7 Å². The van der Waals surface area contributed by atoms with Crippen LogP contribution in [-0.2, 0) is 9.53 Å². The van der Waals surface area contributed by atoms with Gasteiger partial charge in [0.05, 0.1) is 13.0 Å². The van der Waals surface area contributed by atoms with E-state index < -0.39 is 0 Å². The predicted octanol–water partition coefficient (Wildman–Crippen LogP) is 3.93. The summed E-state index contributed by atoms with van der Waals surface area (Å²) in [5.41, 5.74) is 0.549. The van der Waals surface area contributed by atoms with E-state index >= 15 is 0 Å². The summed E-state index contributed by atoms with van der Waals surface area (Å²) in [7, 11) is 0. The number of amides is 1. The molecule has 1 rings (SSSR count). The first-order valence-corrected chi connectivity index (χ1v) is 8.16. The van der Waals surface area contributed by atoms with E-state index in [0.717, 1.165) is 19.3 Å². The number of unbranched alkanes of at least 4 members (excludes halogenated alkanes) is 2. The van der Waals surface area contributed by atoms with Crippen molar-refractivity contribution in [1.82, 2.24) is 4.90 Å². The minimum Gasteiger partial charge on any atom is -0.466 e. The molecule has 1 amide bonds. The topological polar surface area (TPSA) is 46.6 Å². The number of benzene rings is 1. The summed E-state index contributed by atoms with van der Waals surface area (Å²) < 4.78 is 4.92. The fourth-order valence-corrected chi connectivity index (χ4v) is 2.32. The zero-order chi connectivity index (χ0) is 16.4. The van der Waals surface area contributed by atoms with Gasteiger partial charge in [-0.1, -0.05) is 37.4 Å². The van der Waals surface area contributed by atoms with Gasteiger partial charge in [-0.3, -0.25) is 9.59 Å². The highest BCUT2D eigenvalue weighted by atomic mass is 35.5. The number of hydrogen-bond donors (Lipinski definition) is 0. The highest BCUT2D eigenvalue weighted by molar-refractivity contribution is 6.30. The molecule has 0 aromatic heterocycles. The van der Waals surface area contributed by atoms with Gasteiger partial charge in [0.1, 0.15) is 0 Å². The van der Waals surface area contributed by atoms with Gasteiger partial charge >= 0.3 is 5.97 Å². The van der Waals surface area contributed by atoms with E-state index in [1.165, 1.54) is 0 Å². The molecule has 0 bridgehead atoms. The molecule has 0 saturated carbocycles. The quantitative estimate of drug-likeness (QED) is 0.510. The van der Waals surface area contributed by atoms with Crippen LogP contribution in [0.2, 0.25) is 5.02 Å². The minimum atomic E-state index is -0.276. The first-order chi connectivity index (χ1) is 10.6. The molecular formula is C17H24ClNO3. The van der Waals surface area contributed by atoms with Gasteiger partial charge in [0, 0.05) is 23.7 Å². The van der Waals surface area contributed by atoms with Crippen LogP contribution in [0.1, 0.15) is 49.9 Å². The normalized spacial score (nSPS) is 10.3. The molecule has 22 heavy (non-hydrogen) atoms. The monoisotopic (exact) mass is 325 g/mol. The van der Waals surface area contributed by atoms with E-state index in [1.807, 2.05) is 0 Å². The van der Waals surface area contributed by atoms with Gasteiger partial charge in [-0.05, 0) is 31.5 Å². The summed E-state index contributed by atoms with van der Waals surface area (Å²) in [4.78, 5) is 25.8. The van der Waals surface area contributed by atoms with Crippen LogP contribution in [0.4, 0.5) is 0 Å². The molecule has 0 aliphatic heterocycles. The molecule has 0 aliphatic rings. The summed E-state index contributed by atoms with van der Waals surface area (Å²) in [5.74, 6) is -0.371. The number of esters is 1. The molecule has 1 aromatic carbocycles. The molecule has 0 heterocycles. The second-order valence-corrected chi connectivity index (χ2v) is 5.50. The summed E-state index contributed by atoms with van der Waals surface area (Å²) in [6.07, 6.45) is 3.27. The molecule has 0 fully saturated rings. The van der Waals surface area contributed by atoms with E-state index in [0.29, 0.717) is 30.3 Å². The van der Waals surface area contributed by atoms with Crippen molar-refractivity contribution in [3.8, 4) is 0 Å². The third kappa shape index (κ3) is 6.48. The second kappa shape index (κ2) is 10.2. The third-order valence-corrected chi connectivity index (χ3v) is 3.52. The predicted molar refractivity (Wildman–Crippen MR) is 88.1 cm³/mol. The van der Waals surface area contributed by atoms with Gasteiger partial charge < -0.3 is 9.64 Å². The molecule has 0 aliphatic carbocycles. The van der Waals surface area contributed by atoms with Crippen LogP contribution in [0.5, 0.6) is 0 Å². The Morgan fingerprint density at radius 2 is 1.95 bits per heavy atom. The van der Waals surface area contributed by atoms with E-state index in [-0.39, 0.29) is 18.3 Å². The minimum absolute atomic E-state index is 0.0945. The number of halogens is 1. The Morgan fingerprint density at radius 3 is 2.59 bits per heavy atom. The average molecular weight is 326 g/mol. The van der Waals surface area contributed by atoms with E-state index in [2.05, 4.69) is 6.92 Å². The Labute approximate surface area is 137 Å². The maximum atomic E-state index is 12.6. The molecule has 122 valence electrons. The SMILES string of the molecule is CCCCCN(CCC(=O)OCC)C(=O)c1cccc(Cl)c1. The van der Waals surface area contributed by atoms with Crippen LogP contribution in [0.3, 0.4) is 0 Å². The lowest BCUT2D eigenvalue weighted by molar-refractivity contribution is -0.143. The molecule has 5 heteroatoms. The smallest absolute Gasteiger partial charge is 0.307 e. The lowest BCUT2D eigenvalue weighted by atomic mass is 10.1. The number of hydrogen-bond acceptors (Lipinski definition) is 3. The number of carbonyl (C=O) groups is 2. The van der Waals surface area contributed by atoms with Crippen LogP contribution < -0.4 is 0 Å². The number of carbonyl (C=O) groups excluding carboxylic acids is 2. The van der Waals surface area contributed by atoms with E-state index in [1.54, 1.807) is 36.1 Å². The molecule has 0 N–H and O–H groups in total. The van der Waals surface area contributed by atoms with Gasteiger partial charge in [0.2, 0.25) is 0 Å². The Balaban J connectivity index is 2.70. The van der Waals surface area contributed by atoms with Gasteiger partial charge in [0.15, 0.2) is 0 Å². The molecule has 0 radical (unpaired) electrons. The zero-order valence-corrected chi connectivity index (χ0v) is 14.1. The van der Waals surface area contributed by atoms with Crippen molar-refractivity contribution in [1.29, 1.82) is 0 Å². The lowest BCUT2D eigenvalue weighted by Gasteiger charge is -2.22. The van der Waals surface area contributed by atoms with Crippen LogP contribution in [0.25, 0.3) is 0 Å². The molecule has 1 aromatic rings. The van der Waals surface area contributed by atoms with Crippen LogP contribution in [-0.4, -0.2) is 36.5 Å². The molecular weight excluding hydrogens is 302 g/mol. The Bertz CT molecular complexity index is 491. The van der Waals surface area contributed by atoms with Crippen LogP contribution >= 0.6 is 11.6 Å². The first kappa shape index (κ1) is 18.5. The number of nitrogens with zero attached hydrogens (tertiary/aromatic N) is 1. The van der Waals surface area contributed by atoms with Crippen molar-refractivity contribution < 1.29 is 14.3 Å². The number of ether oxygens (including phenoxy) is 1. The van der Waals surface area contributed by atoms with Gasteiger partial charge in [0.25, 0.3) is 5.91 Å². The largest absolute Gasteiger partial charge is 0.466 e. The standard InChI is InChI=1S/C17H24ClNO3/c1-3-5-6-11-19(12-10-16(20)22-4-2)17(21)14-8-7-9-15(18)13-14/h7-9,13H,3-6,10-12H2,1-2H3. The van der Waals surface area contributed by atoms with Crippen molar-refractivity contribution in [2.45, 2.75) is 39.5 Å². The second-order valence-electron chi connectivity index (χ2n) is 5.06. The van der Waals surface area contributed by atoms with Gasteiger partial charge in [-0.2, -0.15) is 0 Å². The van der Waals surface area contributed by atoms with Crippen molar-refractivity contribution >= 4 is 23.5 Å². The Morgan fingerprint density at radius 1 is 1.18 bits per heavy atom. The van der Waals surface area contributed by atoms with Gasteiger partial charge in [-0.15, -0.1) is 0 Å². The molecule has 0 atom stereocenters. The summed E-state index contributed by atoms with van der Waals surface area (Å²) >= 11 is 5.94. The van der Waals surface area contributed by atoms with E-state index in [4.69, 9.17) is 16.3 Å². The van der Waals surface area contributed by atoms with Crippen molar-refractivity contribution in [3.05, 3.63) is 34.9 Å². The average Bonchev–Trinajstić information content (AvgIpc) is 2.50. The third-order valence-electron chi connectivity index (χ3n) is 3.28. The first-order valence-electron chi connectivity index (χ1n) is 7.79. The lowest BCUT2D eigenvalue weighted by Crippen LogP contribution is -2.34. The highest BCUT2D eigenvalue weighted by Crippen LogP contribution is 2.14. The highest BCUT2D eigenvalue weighted by Gasteiger charge is 2.17. The zero-order valence-electron chi connectivity index (χ0n) is 13.3. The summed E-state index contributed by atoms with van der Waals surface area (Å²) in [5, 5.41) is 0.532. The molecule has 0 saturated heterocycles. The Hall–Kier alpha value is -1.55. The maximum absolute atomic E-state index is 12.6. The summed E-state index contributed by atoms with van der Waals surface area (Å²) in [6.45, 7) is 5.25. The summed E-state index contributed by atoms with van der Waals surface area (Å²) in [6, 6.07) is 6.88. The fourth-order valence-electron chi connectivity index (χ4n) is 2.13. The molecule has 4 nitrogen and oxygen atoms in total. The maximum Gasteiger partial charge on any atom is 0.307 e. The van der Waals surface area contributed by atoms with Gasteiger partial charge in [-0.25, -0.2) is 0 Å². The van der Waals surface area contributed by atoms with Crippen LogP contribution in [0, 0.1) is 0 Å². The fraction of sp³-hybridized carbons (Fsp3) is 0.529.